The van der Waals surface area contributed by atoms with E-state index in [0.717, 1.165) is 81.1 Å². The molecule has 2 aromatic carbocycles. The molecule has 3 aliphatic heterocycles. The Kier molecular flexibility index (Phi) is 10.5. The number of thioether (sulfide) groups is 1. The molecule has 0 radical (unpaired) electrons. The summed E-state index contributed by atoms with van der Waals surface area (Å²) >= 11 is 7.45. The molecule has 3 aliphatic rings. The molecular formula is C33H43N5O4S2. The lowest BCUT2D eigenvalue weighted by molar-refractivity contribution is -0.123. The minimum Gasteiger partial charge on any atom is -0.457 e. The Morgan fingerprint density at radius 1 is 0.955 bits per heavy atom. The number of nitrogens with zero attached hydrogens (tertiary/aromatic N) is 4. The standard InChI is InChI=1S/C33H43N5O4S2/c1-33(2)30(40)38(26-13-14-28-24(21-26)23-42-29(28)39)32(43)37(33)16-9-7-5-4-6-8-15-35-17-19-36(20-18-35)31(41)34-25-11-10-12-27(22-25)44-3/h10-14,21-22H,4-9,15-20,23H2,1-3H3,(H,34,41). The van der Waals surface area contributed by atoms with Crippen molar-refractivity contribution in [2.24, 2.45) is 0 Å². The van der Waals surface area contributed by atoms with Crippen molar-refractivity contribution in [2.45, 2.75) is 69.4 Å². The van der Waals surface area contributed by atoms with Gasteiger partial charge in [-0.1, -0.05) is 31.7 Å². The molecule has 3 heterocycles. The summed E-state index contributed by atoms with van der Waals surface area (Å²) in [7, 11) is 0. The number of carbonyl (C=O) groups excluding carboxylic acids is 3. The van der Waals surface area contributed by atoms with Crippen LogP contribution in [-0.4, -0.2) is 88.8 Å². The summed E-state index contributed by atoms with van der Waals surface area (Å²) in [6, 6.07) is 13.3. The van der Waals surface area contributed by atoms with Gasteiger partial charge in [0.1, 0.15) is 12.1 Å². The summed E-state index contributed by atoms with van der Waals surface area (Å²) < 4.78 is 5.12. The van der Waals surface area contributed by atoms with E-state index in [1.165, 1.54) is 12.8 Å². The third-order valence-electron chi connectivity index (χ3n) is 8.84. The Balaban J connectivity index is 0.962. The first-order valence-corrected chi connectivity index (χ1v) is 17.2. The van der Waals surface area contributed by atoms with Gasteiger partial charge < -0.3 is 19.9 Å². The fraction of sp³-hybridized carbons (Fsp3) is 0.515. The number of amides is 3. The maximum absolute atomic E-state index is 13.4. The van der Waals surface area contributed by atoms with Gasteiger partial charge in [0.2, 0.25) is 0 Å². The molecule has 0 bridgehead atoms. The second-order valence-electron chi connectivity index (χ2n) is 12.2. The molecule has 1 N–H and O–H groups in total. The van der Waals surface area contributed by atoms with E-state index in [1.807, 2.05) is 60.2 Å². The summed E-state index contributed by atoms with van der Waals surface area (Å²) in [6.07, 6.45) is 8.80. The largest absolute Gasteiger partial charge is 0.457 e. The number of carbonyl (C=O) groups is 3. The third kappa shape index (κ3) is 7.21. The van der Waals surface area contributed by atoms with Crippen molar-refractivity contribution in [3.05, 3.63) is 53.6 Å². The molecule has 236 valence electrons. The maximum Gasteiger partial charge on any atom is 0.338 e. The van der Waals surface area contributed by atoms with Crippen LogP contribution in [0.2, 0.25) is 0 Å². The lowest BCUT2D eigenvalue weighted by atomic mass is 10.0. The molecule has 0 aliphatic carbocycles. The lowest BCUT2D eigenvalue weighted by Gasteiger charge is -2.34. The van der Waals surface area contributed by atoms with Crippen LogP contribution in [0.15, 0.2) is 47.4 Å². The Hall–Kier alpha value is -3.15. The highest BCUT2D eigenvalue weighted by Crippen LogP contribution is 2.34. The molecule has 5 rings (SSSR count). The molecule has 0 atom stereocenters. The minimum absolute atomic E-state index is 0.0194. The molecule has 0 unspecified atom stereocenters. The van der Waals surface area contributed by atoms with Gasteiger partial charge >= 0.3 is 12.0 Å². The smallest absolute Gasteiger partial charge is 0.338 e. The number of hydrogen-bond donors (Lipinski definition) is 1. The fourth-order valence-electron chi connectivity index (χ4n) is 6.09. The Morgan fingerprint density at radius 3 is 2.39 bits per heavy atom. The predicted molar refractivity (Wildman–Crippen MR) is 179 cm³/mol. The summed E-state index contributed by atoms with van der Waals surface area (Å²) in [4.78, 5) is 47.0. The molecule has 0 aromatic heterocycles. The average molecular weight is 638 g/mol. The number of nitrogens with one attached hydrogen (secondary N) is 1. The average Bonchev–Trinajstić information content (AvgIpc) is 3.47. The van der Waals surface area contributed by atoms with Crippen molar-refractivity contribution < 1.29 is 19.1 Å². The first-order valence-electron chi connectivity index (χ1n) is 15.6. The predicted octanol–water partition coefficient (Wildman–Crippen LogP) is 5.98. The van der Waals surface area contributed by atoms with Crippen molar-refractivity contribution in [1.29, 1.82) is 0 Å². The van der Waals surface area contributed by atoms with Crippen LogP contribution in [0.1, 0.15) is 68.3 Å². The van der Waals surface area contributed by atoms with E-state index < -0.39 is 5.54 Å². The van der Waals surface area contributed by atoms with Gasteiger partial charge in [-0.15, -0.1) is 11.8 Å². The molecule has 44 heavy (non-hydrogen) atoms. The van der Waals surface area contributed by atoms with Crippen LogP contribution in [0, 0.1) is 0 Å². The SMILES string of the molecule is CSc1cccc(NC(=O)N2CCN(CCCCCCCCN3C(=S)N(c4ccc5c(c4)COC5=O)C(=O)C3(C)C)CC2)c1. The zero-order valence-electron chi connectivity index (χ0n) is 26.0. The number of hydrogen-bond acceptors (Lipinski definition) is 7. The number of piperazine rings is 1. The molecule has 2 fully saturated rings. The topological polar surface area (TPSA) is 85.4 Å². The molecule has 2 saturated heterocycles. The number of cyclic esters (lactones) is 1. The van der Waals surface area contributed by atoms with E-state index >= 15 is 0 Å². The van der Waals surface area contributed by atoms with Gasteiger partial charge in [-0.25, -0.2) is 9.59 Å². The van der Waals surface area contributed by atoms with Crippen molar-refractivity contribution in [3.63, 3.8) is 0 Å². The quantitative estimate of drug-likeness (QED) is 0.132. The summed E-state index contributed by atoms with van der Waals surface area (Å²) in [5, 5.41) is 3.56. The van der Waals surface area contributed by atoms with Crippen LogP contribution in [0.25, 0.3) is 0 Å². The molecule has 0 saturated carbocycles. The number of anilines is 2. The summed E-state index contributed by atoms with van der Waals surface area (Å²) in [6.45, 7) is 9.23. The van der Waals surface area contributed by atoms with Crippen LogP contribution in [0.3, 0.4) is 0 Å². The van der Waals surface area contributed by atoms with Crippen molar-refractivity contribution in [3.8, 4) is 0 Å². The molecule has 2 aromatic rings. The van der Waals surface area contributed by atoms with Gasteiger partial charge in [-0.05, 0) is 88.1 Å². The summed E-state index contributed by atoms with van der Waals surface area (Å²) in [5.74, 6) is -0.368. The highest BCUT2D eigenvalue weighted by atomic mass is 32.2. The van der Waals surface area contributed by atoms with Crippen molar-refractivity contribution in [1.82, 2.24) is 14.7 Å². The number of benzene rings is 2. The lowest BCUT2D eigenvalue weighted by Crippen LogP contribution is -2.50. The number of unbranched alkanes of at least 4 members (excludes halogenated alkanes) is 5. The van der Waals surface area contributed by atoms with Crippen LogP contribution in [0.4, 0.5) is 16.2 Å². The molecule has 9 nitrogen and oxygen atoms in total. The number of esters is 1. The van der Waals surface area contributed by atoms with Crippen molar-refractivity contribution in [2.75, 3.05) is 55.7 Å². The highest BCUT2D eigenvalue weighted by Gasteiger charge is 2.49. The van der Waals surface area contributed by atoms with Gasteiger partial charge in [0.25, 0.3) is 5.91 Å². The number of thiocarbonyl (C=S) groups is 1. The van der Waals surface area contributed by atoms with E-state index in [9.17, 15) is 14.4 Å². The number of ether oxygens (including phenoxy) is 1. The van der Waals surface area contributed by atoms with Crippen LogP contribution < -0.4 is 10.2 Å². The van der Waals surface area contributed by atoms with Gasteiger partial charge in [-0.2, -0.15) is 0 Å². The van der Waals surface area contributed by atoms with E-state index in [4.69, 9.17) is 17.0 Å². The van der Waals surface area contributed by atoms with Gasteiger partial charge in [0, 0.05) is 48.9 Å². The second-order valence-corrected chi connectivity index (χ2v) is 13.4. The van der Waals surface area contributed by atoms with Crippen LogP contribution >= 0.6 is 24.0 Å². The molecule has 0 spiro atoms. The highest BCUT2D eigenvalue weighted by molar-refractivity contribution is 7.98. The van der Waals surface area contributed by atoms with Gasteiger partial charge in [-0.3, -0.25) is 14.6 Å². The minimum atomic E-state index is -0.716. The normalized spacial score (nSPS) is 18.2. The fourth-order valence-corrected chi connectivity index (χ4v) is 7.06. The number of urea groups is 1. The van der Waals surface area contributed by atoms with E-state index in [-0.39, 0.29) is 24.5 Å². The second kappa shape index (κ2) is 14.3. The maximum atomic E-state index is 13.4. The van der Waals surface area contributed by atoms with Crippen LogP contribution in [-0.2, 0) is 16.1 Å². The zero-order chi connectivity index (χ0) is 31.3. The Morgan fingerprint density at radius 2 is 1.66 bits per heavy atom. The number of rotatable bonds is 12. The summed E-state index contributed by atoms with van der Waals surface area (Å²) in [5.41, 5.74) is 2.16. The van der Waals surface area contributed by atoms with Crippen LogP contribution in [0.5, 0.6) is 0 Å². The molecule has 3 amide bonds. The van der Waals surface area contributed by atoms with Gasteiger partial charge in [0.05, 0.1) is 11.3 Å². The van der Waals surface area contributed by atoms with Gasteiger partial charge in [0.15, 0.2) is 5.11 Å². The Labute approximate surface area is 270 Å². The molecular weight excluding hydrogens is 595 g/mol. The van der Waals surface area contributed by atoms with E-state index in [0.29, 0.717) is 16.4 Å². The van der Waals surface area contributed by atoms with E-state index in [2.05, 4.69) is 10.2 Å². The van der Waals surface area contributed by atoms with Crippen molar-refractivity contribution >= 4 is 58.4 Å². The van der Waals surface area contributed by atoms with E-state index in [1.54, 1.807) is 28.8 Å². The first-order chi connectivity index (χ1) is 21.2. The third-order valence-corrected chi connectivity index (χ3v) is 9.96. The molecule has 11 heteroatoms. The Bertz CT molecular complexity index is 1390. The number of fused-ring (bicyclic) bond motifs is 1. The first kappa shape index (κ1) is 32.2. The zero-order valence-corrected chi connectivity index (χ0v) is 27.6. The monoisotopic (exact) mass is 637 g/mol.